The highest BCUT2D eigenvalue weighted by molar-refractivity contribution is 6.00. The van der Waals surface area contributed by atoms with Gasteiger partial charge in [0.15, 0.2) is 18.2 Å². The zero-order chi connectivity index (χ0) is 41.2. The zero-order valence-corrected chi connectivity index (χ0v) is 34.1. The molecule has 56 heavy (non-hydrogen) atoms. The van der Waals surface area contributed by atoms with Crippen molar-refractivity contribution in [2.75, 3.05) is 6.61 Å². The van der Waals surface area contributed by atoms with Crippen LogP contribution in [0, 0.1) is 45.3 Å². The highest BCUT2D eigenvalue weighted by Crippen LogP contribution is 2.74. The summed E-state index contributed by atoms with van der Waals surface area (Å²) in [6.45, 7) is 17.0. The van der Waals surface area contributed by atoms with Gasteiger partial charge in [0, 0.05) is 35.2 Å². The van der Waals surface area contributed by atoms with E-state index in [9.17, 15) is 45.3 Å². The smallest absolute Gasteiger partial charge is 0.202 e. The van der Waals surface area contributed by atoms with E-state index in [0.29, 0.717) is 31.4 Å². The van der Waals surface area contributed by atoms with Crippen molar-refractivity contribution in [1.29, 1.82) is 0 Å². The number of rotatable bonds is 7. The Morgan fingerprint density at radius 3 is 2.14 bits per heavy atom. The topological polar surface area (TPSA) is 222 Å². The van der Waals surface area contributed by atoms with Crippen molar-refractivity contribution in [3.05, 3.63) is 23.5 Å². The van der Waals surface area contributed by atoms with Gasteiger partial charge >= 0.3 is 0 Å². The van der Waals surface area contributed by atoms with Gasteiger partial charge in [0.1, 0.15) is 54.3 Å². The Hall–Kier alpha value is -1.82. The van der Waals surface area contributed by atoms with Crippen molar-refractivity contribution >= 4 is 11.6 Å². The Labute approximate surface area is 329 Å². The number of Topliss-reactive ketones (excluding diaryl/α,β-unsaturated/α-hetero) is 1. The normalized spacial score (nSPS) is 52.8. The monoisotopic (exact) mass is 792 g/mol. The van der Waals surface area contributed by atoms with Crippen molar-refractivity contribution in [2.24, 2.45) is 45.3 Å². The molecule has 7 rings (SSSR count). The van der Waals surface area contributed by atoms with E-state index in [2.05, 4.69) is 26.8 Å². The lowest BCUT2D eigenvalue weighted by Crippen LogP contribution is -2.66. The molecule has 316 valence electrons. The number of fused-ring (bicyclic) bond motifs is 5. The average Bonchev–Trinajstić information content (AvgIpc) is 3.54. The van der Waals surface area contributed by atoms with Gasteiger partial charge in [0.25, 0.3) is 0 Å². The van der Waals surface area contributed by atoms with E-state index in [1.54, 1.807) is 13.0 Å². The number of allylic oxidation sites excluding steroid dienone is 2. The maximum Gasteiger partial charge on any atom is 0.202 e. The largest absolute Gasteiger partial charge is 0.483 e. The molecule has 14 nitrogen and oxygen atoms in total. The quantitative estimate of drug-likeness (QED) is 0.183. The number of aliphatic hydroxyl groups is 7. The molecule has 5 fully saturated rings. The lowest BCUT2D eigenvalue weighted by atomic mass is 9.38. The third-order valence-electron chi connectivity index (χ3n) is 16.0. The van der Waals surface area contributed by atoms with Gasteiger partial charge < -0.3 is 59.4 Å². The predicted molar refractivity (Wildman–Crippen MR) is 198 cm³/mol. The van der Waals surface area contributed by atoms with Gasteiger partial charge in [-0.2, -0.15) is 0 Å². The first-order valence-electron chi connectivity index (χ1n) is 20.5. The number of ether oxygens (including phenoxy) is 5. The summed E-state index contributed by atoms with van der Waals surface area (Å²) < 4.78 is 30.7. The van der Waals surface area contributed by atoms with Gasteiger partial charge in [-0.3, -0.25) is 9.59 Å². The van der Waals surface area contributed by atoms with Crippen LogP contribution in [0.4, 0.5) is 0 Å². The minimum Gasteiger partial charge on any atom is -0.483 e. The van der Waals surface area contributed by atoms with Gasteiger partial charge in [-0.05, 0) is 62.2 Å². The molecule has 0 bridgehead atoms. The van der Waals surface area contributed by atoms with Crippen LogP contribution < -0.4 is 0 Å². The Balaban J connectivity index is 1.16. The number of aliphatic hydroxyl groups excluding tert-OH is 7. The van der Waals surface area contributed by atoms with Crippen LogP contribution in [-0.4, -0.2) is 133 Å². The molecule has 19 atom stereocenters. The molecule has 4 aliphatic carbocycles. The van der Waals surface area contributed by atoms with Crippen molar-refractivity contribution in [1.82, 2.24) is 0 Å². The number of hydrogen-bond acceptors (Lipinski definition) is 14. The maximum absolute atomic E-state index is 14.9. The van der Waals surface area contributed by atoms with Crippen molar-refractivity contribution in [3.63, 3.8) is 0 Å². The molecule has 0 radical (unpaired) electrons. The summed E-state index contributed by atoms with van der Waals surface area (Å²) in [6.07, 6.45) is -9.67. The van der Waals surface area contributed by atoms with Crippen LogP contribution in [0.15, 0.2) is 23.5 Å². The van der Waals surface area contributed by atoms with Crippen LogP contribution in [-0.2, 0) is 33.3 Å². The summed E-state index contributed by atoms with van der Waals surface area (Å²) in [6, 6.07) is 0. The van der Waals surface area contributed by atoms with E-state index in [0.717, 1.165) is 5.57 Å². The van der Waals surface area contributed by atoms with Gasteiger partial charge in [-0.1, -0.05) is 60.1 Å². The molecular formula is C42H64O14. The molecule has 3 aliphatic heterocycles. The highest BCUT2D eigenvalue weighted by Gasteiger charge is 2.75. The molecule has 0 aromatic heterocycles. The Bertz CT molecular complexity index is 1630. The van der Waals surface area contributed by atoms with Gasteiger partial charge in [-0.15, -0.1) is 0 Å². The highest BCUT2D eigenvalue weighted by atomic mass is 16.8. The lowest BCUT2D eigenvalue weighted by Gasteiger charge is -2.65. The zero-order valence-electron chi connectivity index (χ0n) is 34.1. The van der Waals surface area contributed by atoms with Gasteiger partial charge in [0.05, 0.1) is 24.9 Å². The second-order valence-electron chi connectivity index (χ2n) is 19.7. The number of carbonyl (C=O) groups is 2. The first-order valence-corrected chi connectivity index (χ1v) is 20.5. The Morgan fingerprint density at radius 1 is 0.839 bits per heavy atom. The Kier molecular flexibility index (Phi) is 10.7. The molecule has 0 amide bonds. The molecule has 3 saturated carbocycles. The summed E-state index contributed by atoms with van der Waals surface area (Å²) in [5.74, 6) is -0.314. The first kappa shape index (κ1) is 42.3. The molecule has 0 aromatic carbocycles. The van der Waals surface area contributed by atoms with E-state index < -0.39 is 113 Å². The summed E-state index contributed by atoms with van der Waals surface area (Å²) in [5, 5.41) is 75.3. The number of ketones is 2. The fourth-order valence-corrected chi connectivity index (χ4v) is 12.5. The fraction of sp³-hybridized carbons (Fsp3) is 0.857. The van der Waals surface area contributed by atoms with E-state index >= 15 is 0 Å². The fourth-order valence-electron chi connectivity index (χ4n) is 12.5. The molecule has 7 N–H and O–H groups in total. The number of hydrogen-bond donors (Lipinski definition) is 7. The van der Waals surface area contributed by atoms with Crippen LogP contribution in [0.3, 0.4) is 0 Å². The van der Waals surface area contributed by atoms with E-state index in [1.807, 2.05) is 27.7 Å². The molecule has 2 saturated heterocycles. The Morgan fingerprint density at radius 2 is 1.52 bits per heavy atom. The van der Waals surface area contributed by atoms with Crippen molar-refractivity contribution in [3.8, 4) is 0 Å². The summed E-state index contributed by atoms with van der Waals surface area (Å²) in [5.41, 5.74) is -2.90. The SMILES string of the molecule is CC(C)C1=CC(=O)[C@@](C)([C@@H]2[C@@H](O)C[C@]3(C)[C@H]4CC=C5[C@H](CC[C@H](O[C@H]6O[C@@H](CO)[C@H](O)[C@@H](O)[C@@H]6O[C@H]6O[C@H](C)[C@@H](O)[C@H](O)[C@@H]6O)C5(C)C)[C@@]4(C)C(=O)C[C@@]23C)O1. The molecule has 0 spiro atoms. The molecule has 3 heterocycles. The van der Waals surface area contributed by atoms with E-state index in [1.165, 1.54) is 6.92 Å². The van der Waals surface area contributed by atoms with Crippen LogP contribution in [0.25, 0.3) is 0 Å². The lowest BCUT2D eigenvalue weighted by molar-refractivity contribution is -0.372. The standard InChI is InChI=1S/C42H64O14/c1-18(2)23-14-26(45)42(9,56-23)35-22(44)15-39(6)25-12-10-20-21(41(25,8)27(46)16-40(35,39)7)11-13-28(38(20,4)5)54-37-34(32(50)30(48)24(17-43)53-37)55-36-33(51)31(49)29(47)19(3)52-36/h10,14,18-19,21-22,24-25,28-37,43-44,47-51H,11-13,15-17H2,1-9H3/t19-,21+,22+,24+,25-,28+,29-,30+,31+,32-,33+,34+,35-,36-,37-,39-,40+,41-,42+/m1/s1. The minimum absolute atomic E-state index is 0.00153. The second-order valence-corrected chi connectivity index (χ2v) is 19.7. The van der Waals surface area contributed by atoms with E-state index in [4.69, 9.17) is 23.7 Å². The molecule has 14 heteroatoms. The summed E-state index contributed by atoms with van der Waals surface area (Å²) in [7, 11) is 0. The third kappa shape index (κ3) is 5.90. The average molecular weight is 793 g/mol. The van der Waals surface area contributed by atoms with Crippen molar-refractivity contribution < 1.29 is 69.0 Å². The molecular weight excluding hydrogens is 728 g/mol. The predicted octanol–water partition coefficient (Wildman–Crippen LogP) is 1.68. The van der Waals surface area contributed by atoms with Crippen LogP contribution >= 0.6 is 0 Å². The molecule has 0 unspecified atom stereocenters. The minimum atomic E-state index is -1.69. The molecule has 0 aromatic rings. The van der Waals surface area contributed by atoms with Gasteiger partial charge in [0.2, 0.25) is 5.78 Å². The first-order chi connectivity index (χ1) is 26.0. The van der Waals surface area contributed by atoms with Crippen LogP contribution in [0.2, 0.25) is 0 Å². The summed E-state index contributed by atoms with van der Waals surface area (Å²) >= 11 is 0. The second kappa shape index (κ2) is 14.1. The summed E-state index contributed by atoms with van der Waals surface area (Å²) in [4.78, 5) is 28.6. The molecule has 7 aliphatic rings. The van der Waals surface area contributed by atoms with E-state index in [-0.39, 0.29) is 35.7 Å². The van der Waals surface area contributed by atoms with Crippen molar-refractivity contribution in [2.45, 2.75) is 174 Å². The van der Waals surface area contributed by atoms with Crippen LogP contribution in [0.5, 0.6) is 0 Å². The van der Waals surface area contributed by atoms with Gasteiger partial charge in [-0.25, -0.2) is 0 Å². The number of carbonyl (C=O) groups excluding carboxylic acids is 2. The third-order valence-corrected chi connectivity index (χ3v) is 16.0. The van der Waals surface area contributed by atoms with Crippen LogP contribution in [0.1, 0.15) is 94.4 Å². The maximum atomic E-state index is 14.9.